The molecule has 2 fully saturated rings. The van der Waals surface area contributed by atoms with Gasteiger partial charge in [-0.2, -0.15) is 0 Å². The number of hydrogen-bond acceptors (Lipinski definition) is 13. The van der Waals surface area contributed by atoms with Crippen LogP contribution in [0, 0.1) is 5.92 Å². The molecule has 2 heterocycles. The van der Waals surface area contributed by atoms with Gasteiger partial charge in [-0.1, -0.05) is 60.7 Å². The molecule has 2 saturated heterocycles. The van der Waals surface area contributed by atoms with E-state index in [0.717, 1.165) is 17.3 Å². The van der Waals surface area contributed by atoms with Crippen molar-refractivity contribution < 1.29 is 59.5 Å². The van der Waals surface area contributed by atoms with Gasteiger partial charge in [-0.25, -0.2) is 0 Å². The van der Waals surface area contributed by atoms with Gasteiger partial charge in [0, 0.05) is 19.3 Å². The molecule has 246 valence electrons. The average Bonchev–Trinajstić information content (AvgIpc) is 3.06. The number of carbonyl (C=O) groups is 2. The summed E-state index contributed by atoms with van der Waals surface area (Å²) in [5.41, 5.74) is 1.56. The molecule has 0 bridgehead atoms. The van der Waals surface area contributed by atoms with Crippen molar-refractivity contribution in [1.82, 2.24) is 10.6 Å². The second kappa shape index (κ2) is 16.3. The molecule has 2 aromatic rings. The summed E-state index contributed by atoms with van der Waals surface area (Å²) >= 11 is 0. The van der Waals surface area contributed by atoms with E-state index in [9.17, 15) is 45.3 Å². The highest BCUT2D eigenvalue weighted by atomic mass is 16.7. The van der Waals surface area contributed by atoms with Gasteiger partial charge in [0.15, 0.2) is 18.5 Å². The molecule has 45 heavy (non-hydrogen) atoms. The highest BCUT2D eigenvalue weighted by molar-refractivity contribution is 6.12. The first-order chi connectivity index (χ1) is 21.6. The second-order valence-corrected chi connectivity index (χ2v) is 10.7. The molecule has 2 aliphatic heterocycles. The van der Waals surface area contributed by atoms with Crippen LogP contribution in [-0.2, 0) is 36.9 Å². The minimum absolute atomic E-state index is 0.112. The third-order valence-corrected chi connectivity index (χ3v) is 7.57. The van der Waals surface area contributed by atoms with Crippen LogP contribution in [0.15, 0.2) is 65.7 Å². The normalized spacial score (nSPS) is 32.0. The van der Waals surface area contributed by atoms with Crippen molar-refractivity contribution in [3.8, 4) is 0 Å². The molecule has 15 heteroatoms. The van der Waals surface area contributed by atoms with Crippen molar-refractivity contribution in [3.05, 3.63) is 71.8 Å². The monoisotopic (exact) mass is 633 g/mol. The van der Waals surface area contributed by atoms with Crippen molar-refractivity contribution in [2.75, 3.05) is 13.2 Å². The van der Waals surface area contributed by atoms with E-state index in [-0.39, 0.29) is 13.1 Å². The molecule has 4 rings (SSSR count). The van der Waals surface area contributed by atoms with Gasteiger partial charge >= 0.3 is 0 Å². The highest BCUT2D eigenvalue weighted by Crippen LogP contribution is 2.29. The molecule has 0 aliphatic carbocycles. The Balaban J connectivity index is 1.52. The molecular formula is C30H39N3O12. The van der Waals surface area contributed by atoms with E-state index in [1.54, 1.807) is 48.5 Å². The SMILES string of the molecule is O=C(NCc1ccccc1)C(C=NC1[C@@H](O)[C@H](O[C@@H]2OC(CO)[C@H](O)[C@H](O)C2O)C(CO)O[C@@H]1O)C(=O)NCc1ccccc1. The Labute approximate surface area is 258 Å². The molecular weight excluding hydrogens is 594 g/mol. The van der Waals surface area contributed by atoms with Crippen LogP contribution in [0.1, 0.15) is 11.1 Å². The summed E-state index contributed by atoms with van der Waals surface area (Å²) in [5, 5.41) is 77.0. The first-order valence-electron chi connectivity index (χ1n) is 14.4. The number of hydrogen-bond donors (Lipinski definition) is 9. The lowest BCUT2D eigenvalue weighted by atomic mass is 9.95. The summed E-state index contributed by atoms with van der Waals surface area (Å²) in [5.74, 6) is -2.93. The average molecular weight is 634 g/mol. The minimum Gasteiger partial charge on any atom is -0.394 e. The summed E-state index contributed by atoms with van der Waals surface area (Å²) in [6.07, 6.45) is -13.8. The summed E-state index contributed by atoms with van der Waals surface area (Å²) in [6.45, 7) is -1.27. The number of nitrogens with one attached hydrogen (secondary N) is 2. The van der Waals surface area contributed by atoms with E-state index in [2.05, 4.69) is 15.6 Å². The number of ether oxygens (including phenoxy) is 3. The minimum atomic E-state index is -1.82. The largest absolute Gasteiger partial charge is 0.394 e. The summed E-state index contributed by atoms with van der Waals surface area (Å²) in [6, 6.07) is 16.4. The fourth-order valence-corrected chi connectivity index (χ4v) is 4.96. The van der Waals surface area contributed by atoms with Crippen LogP contribution in [0.5, 0.6) is 0 Å². The molecule has 2 amide bonds. The lowest BCUT2D eigenvalue weighted by molar-refractivity contribution is -0.344. The van der Waals surface area contributed by atoms with Crippen LogP contribution in [0.4, 0.5) is 0 Å². The van der Waals surface area contributed by atoms with Crippen LogP contribution in [0.2, 0.25) is 0 Å². The van der Waals surface area contributed by atoms with Gasteiger partial charge in [-0.3, -0.25) is 14.6 Å². The highest BCUT2D eigenvalue weighted by Gasteiger charge is 2.50. The smallest absolute Gasteiger partial charge is 0.238 e. The zero-order valence-electron chi connectivity index (χ0n) is 24.1. The first-order valence-corrected chi connectivity index (χ1v) is 14.4. The van der Waals surface area contributed by atoms with Crippen LogP contribution in [0.25, 0.3) is 0 Å². The van der Waals surface area contributed by atoms with Gasteiger partial charge in [0.25, 0.3) is 0 Å². The van der Waals surface area contributed by atoms with E-state index in [1.807, 2.05) is 12.1 Å². The van der Waals surface area contributed by atoms with Gasteiger partial charge in [0.2, 0.25) is 11.8 Å². The van der Waals surface area contributed by atoms with Crippen molar-refractivity contribution >= 4 is 18.0 Å². The molecule has 2 aromatic carbocycles. The number of aliphatic imine (C=N–C) groups is 1. The third-order valence-electron chi connectivity index (χ3n) is 7.57. The summed E-state index contributed by atoms with van der Waals surface area (Å²) in [7, 11) is 0. The molecule has 0 radical (unpaired) electrons. The standard InChI is InChI=1S/C30H39N3O12/c34-14-19-22(36)24(38)25(39)30(44-19)45-26-20(15-35)43-29(42)21(23(26)37)31-13-18(27(40)32-11-16-7-3-1-4-8-16)28(41)33-12-17-9-5-2-6-10-17/h1-10,13,18-26,29-30,34-39,42H,11-12,14-15H2,(H,32,40)(H,33,41)/t19?,20?,21?,22-,23+,24-,25?,26+,29-,30-/m0/s1. The number of benzene rings is 2. The number of nitrogens with zero attached hydrogens (tertiary/aromatic N) is 1. The molecule has 9 N–H and O–H groups in total. The van der Waals surface area contributed by atoms with Crippen LogP contribution in [-0.4, -0.2) is 128 Å². The molecule has 0 aromatic heterocycles. The second-order valence-electron chi connectivity index (χ2n) is 10.7. The van der Waals surface area contributed by atoms with Gasteiger partial charge in [-0.05, 0) is 11.1 Å². The molecule has 0 spiro atoms. The van der Waals surface area contributed by atoms with Crippen LogP contribution >= 0.6 is 0 Å². The number of rotatable bonds is 12. The predicted molar refractivity (Wildman–Crippen MR) is 155 cm³/mol. The number of carbonyl (C=O) groups excluding carboxylic acids is 2. The Morgan fingerprint density at radius 1 is 0.756 bits per heavy atom. The number of aliphatic hydroxyl groups is 7. The van der Waals surface area contributed by atoms with E-state index >= 15 is 0 Å². The van der Waals surface area contributed by atoms with Crippen molar-refractivity contribution in [2.45, 2.75) is 74.4 Å². The Kier molecular flexibility index (Phi) is 12.5. The van der Waals surface area contributed by atoms with Gasteiger partial charge < -0.3 is 60.6 Å². The van der Waals surface area contributed by atoms with Gasteiger partial charge in [-0.15, -0.1) is 0 Å². The number of amides is 2. The fraction of sp³-hybridized carbons (Fsp3) is 0.500. The quantitative estimate of drug-likeness (QED) is 0.0836. The zero-order chi connectivity index (χ0) is 32.5. The molecule has 10 atom stereocenters. The molecule has 15 nitrogen and oxygen atoms in total. The zero-order valence-corrected chi connectivity index (χ0v) is 24.1. The summed E-state index contributed by atoms with van der Waals surface area (Å²) < 4.78 is 16.4. The van der Waals surface area contributed by atoms with Crippen molar-refractivity contribution in [1.29, 1.82) is 0 Å². The van der Waals surface area contributed by atoms with Gasteiger partial charge in [0.1, 0.15) is 48.8 Å². The van der Waals surface area contributed by atoms with E-state index < -0.39 is 92.3 Å². The third kappa shape index (κ3) is 8.68. The Morgan fingerprint density at radius 2 is 1.29 bits per heavy atom. The van der Waals surface area contributed by atoms with Crippen molar-refractivity contribution in [3.63, 3.8) is 0 Å². The van der Waals surface area contributed by atoms with Crippen LogP contribution < -0.4 is 10.6 Å². The number of aliphatic hydroxyl groups excluding tert-OH is 7. The van der Waals surface area contributed by atoms with Crippen LogP contribution in [0.3, 0.4) is 0 Å². The van der Waals surface area contributed by atoms with E-state index in [0.29, 0.717) is 0 Å². The Morgan fingerprint density at radius 3 is 1.80 bits per heavy atom. The first kappa shape index (κ1) is 34.5. The van der Waals surface area contributed by atoms with Gasteiger partial charge in [0.05, 0.1) is 13.2 Å². The fourth-order valence-electron chi connectivity index (χ4n) is 4.96. The Bertz CT molecular complexity index is 1200. The van der Waals surface area contributed by atoms with E-state index in [4.69, 9.17) is 14.2 Å². The topological polar surface area (TPSA) is 240 Å². The Hall–Kier alpha value is -3.35. The van der Waals surface area contributed by atoms with E-state index in [1.165, 1.54) is 0 Å². The molecule has 0 saturated carbocycles. The lowest BCUT2D eigenvalue weighted by Gasteiger charge is -2.45. The lowest BCUT2D eigenvalue weighted by Crippen LogP contribution is -2.64. The molecule has 2 aliphatic rings. The maximum absolute atomic E-state index is 13.2. The summed E-state index contributed by atoms with van der Waals surface area (Å²) in [4.78, 5) is 30.5. The van der Waals surface area contributed by atoms with Crippen molar-refractivity contribution in [2.24, 2.45) is 10.9 Å². The maximum atomic E-state index is 13.2. The maximum Gasteiger partial charge on any atom is 0.238 e. The predicted octanol–water partition coefficient (Wildman–Crippen LogP) is -3.07. The molecule has 4 unspecified atom stereocenters.